The average Bonchev–Trinajstić information content (AvgIpc) is 2.43. The highest BCUT2D eigenvalue weighted by Crippen LogP contribution is 2.14. The van der Waals surface area contributed by atoms with Crippen LogP contribution in [0.4, 0.5) is 0 Å². The normalized spacial score (nSPS) is 9.40. The van der Waals surface area contributed by atoms with Gasteiger partial charge in [0.2, 0.25) is 10.2 Å². The van der Waals surface area contributed by atoms with Gasteiger partial charge in [-0.2, -0.15) is 0 Å². The van der Waals surface area contributed by atoms with Crippen LogP contribution in [0.2, 0.25) is 0 Å². The van der Waals surface area contributed by atoms with Gasteiger partial charge in [0.05, 0.1) is 0 Å². The van der Waals surface area contributed by atoms with Crippen LogP contribution in [0.25, 0.3) is 0 Å². The molecule has 0 saturated heterocycles. The van der Waals surface area contributed by atoms with Crippen molar-refractivity contribution in [3.63, 3.8) is 0 Å². The predicted octanol–water partition coefficient (Wildman–Crippen LogP) is 4.13. The van der Waals surface area contributed by atoms with Gasteiger partial charge in [-0.25, -0.2) is 0 Å². The fraction of sp³-hybridized carbons (Fsp3) is 0.125. The average molecular weight is 304 g/mol. The van der Waals surface area contributed by atoms with Gasteiger partial charge in [0.15, 0.2) is 0 Å². The lowest BCUT2D eigenvalue weighted by atomic mass is 10.0. The van der Waals surface area contributed by atoms with E-state index in [0.29, 0.717) is 11.1 Å². The van der Waals surface area contributed by atoms with Gasteiger partial charge in [-0.15, -0.1) is 25.3 Å². The first-order chi connectivity index (χ1) is 9.43. The first-order valence-corrected chi connectivity index (χ1v) is 6.90. The SMILES string of the molecule is Cc1cccc(C(=O)S)c1C.O=C(S)c1ccccc1. The summed E-state index contributed by atoms with van der Waals surface area (Å²) in [4.78, 5) is 21.4. The van der Waals surface area contributed by atoms with Crippen molar-refractivity contribution in [2.24, 2.45) is 0 Å². The molecule has 0 aliphatic heterocycles. The number of thiol groups is 2. The van der Waals surface area contributed by atoms with E-state index in [-0.39, 0.29) is 10.2 Å². The predicted molar refractivity (Wildman–Crippen MR) is 89.0 cm³/mol. The molecule has 0 radical (unpaired) electrons. The Morgan fingerprint density at radius 3 is 1.80 bits per heavy atom. The number of aryl methyl sites for hydroxylation is 1. The summed E-state index contributed by atoms with van der Waals surface area (Å²) in [5, 5.41) is -0.346. The summed E-state index contributed by atoms with van der Waals surface area (Å²) < 4.78 is 0. The van der Waals surface area contributed by atoms with E-state index >= 15 is 0 Å². The summed E-state index contributed by atoms with van der Waals surface area (Å²) >= 11 is 7.41. The van der Waals surface area contributed by atoms with E-state index in [2.05, 4.69) is 25.3 Å². The molecule has 0 spiro atoms. The van der Waals surface area contributed by atoms with Crippen molar-refractivity contribution < 1.29 is 9.59 Å². The van der Waals surface area contributed by atoms with Gasteiger partial charge >= 0.3 is 0 Å². The fourth-order valence-corrected chi connectivity index (χ4v) is 1.95. The van der Waals surface area contributed by atoms with Crippen LogP contribution in [0.5, 0.6) is 0 Å². The maximum Gasteiger partial charge on any atom is 0.216 e. The van der Waals surface area contributed by atoms with E-state index in [0.717, 1.165) is 11.1 Å². The third kappa shape index (κ3) is 4.87. The van der Waals surface area contributed by atoms with Gasteiger partial charge in [-0.1, -0.05) is 48.5 Å². The molecular weight excluding hydrogens is 288 g/mol. The zero-order valence-corrected chi connectivity index (χ0v) is 13.1. The van der Waals surface area contributed by atoms with Crippen molar-refractivity contribution in [2.75, 3.05) is 0 Å². The zero-order chi connectivity index (χ0) is 15.1. The highest BCUT2D eigenvalue weighted by Gasteiger charge is 2.04. The number of hydrogen-bond acceptors (Lipinski definition) is 2. The summed E-state index contributed by atoms with van der Waals surface area (Å²) in [5.41, 5.74) is 3.49. The number of hydrogen-bond donors (Lipinski definition) is 2. The Bertz CT molecular complexity index is 607. The largest absolute Gasteiger partial charge is 0.282 e. The zero-order valence-electron chi connectivity index (χ0n) is 11.3. The Balaban J connectivity index is 0.000000204. The van der Waals surface area contributed by atoms with Gasteiger partial charge < -0.3 is 0 Å². The lowest BCUT2D eigenvalue weighted by molar-refractivity contribution is 0.108. The lowest BCUT2D eigenvalue weighted by Gasteiger charge is -2.02. The molecule has 2 aromatic rings. The van der Waals surface area contributed by atoms with Crippen molar-refractivity contribution >= 4 is 35.5 Å². The number of rotatable bonds is 2. The molecule has 0 heterocycles. The van der Waals surface area contributed by atoms with Gasteiger partial charge in [-0.3, -0.25) is 9.59 Å². The molecule has 2 aromatic carbocycles. The molecule has 0 saturated carbocycles. The highest BCUT2D eigenvalue weighted by atomic mass is 32.1. The Hall–Kier alpha value is -1.52. The summed E-state index contributed by atoms with van der Waals surface area (Å²) in [6.07, 6.45) is 0. The Kier molecular flexibility index (Phi) is 6.55. The molecule has 0 atom stereocenters. The van der Waals surface area contributed by atoms with Crippen LogP contribution in [0, 0.1) is 13.8 Å². The van der Waals surface area contributed by atoms with Crippen LogP contribution in [0.1, 0.15) is 31.8 Å². The minimum atomic E-state index is -0.185. The van der Waals surface area contributed by atoms with E-state index in [1.165, 1.54) is 0 Å². The topological polar surface area (TPSA) is 34.1 Å². The molecule has 2 nitrogen and oxygen atoms in total. The van der Waals surface area contributed by atoms with E-state index in [4.69, 9.17) is 0 Å². The molecule has 0 aliphatic carbocycles. The molecule has 20 heavy (non-hydrogen) atoms. The number of benzene rings is 2. The molecule has 2 rings (SSSR count). The van der Waals surface area contributed by atoms with Gasteiger partial charge in [0.1, 0.15) is 0 Å². The summed E-state index contributed by atoms with van der Waals surface area (Å²) in [7, 11) is 0. The highest BCUT2D eigenvalue weighted by molar-refractivity contribution is 7.97. The van der Waals surface area contributed by atoms with Crippen molar-refractivity contribution in [3.05, 3.63) is 70.8 Å². The molecule has 0 unspecified atom stereocenters. The van der Waals surface area contributed by atoms with Gasteiger partial charge in [0.25, 0.3) is 0 Å². The molecule has 104 valence electrons. The van der Waals surface area contributed by atoms with Crippen LogP contribution in [-0.4, -0.2) is 10.2 Å². The molecule has 4 heteroatoms. The third-order valence-electron chi connectivity index (χ3n) is 2.86. The van der Waals surface area contributed by atoms with Gasteiger partial charge in [-0.05, 0) is 25.0 Å². The number of carbonyl (C=O) groups is 2. The second-order valence-electron chi connectivity index (χ2n) is 4.22. The summed E-state index contributed by atoms with van der Waals surface area (Å²) in [5.74, 6) is 0. The van der Waals surface area contributed by atoms with Crippen LogP contribution < -0.4 is 0 Å². The van der Waals surface area contributed by atoms with Crippen molar-refractivity contribution in [1.82, 2.24) is 0 Å². The number of carbonyl (C=O) groups excluding carboxylic acids is 2. The summed E-state index contributed by atoms with van der Waals surface area (Å²) in [6.45, 7) is 3.91. The van der Waals surface area contributed by atoms with E-state index in [9.17, 15) is 9.59 Å². The van der Waals surface area contributed by atoms with E-state index in [1.54, 1.807) is 18.2 Å². The monoisotopic (exact) mass is 304 g/mol. The molecule has 0 fully saturated rings. The minimum absolute atomic E-state index is 0.161. The fourth-order valence-electron chi connectivity index (χ4n) is 1.56. The van der Waals surface area contributed by atoms with Crippen LogP contribution in [-0.2, 0) is 0 Å². The van der Waals surface area contributed by atoms with E-state index < -0.39 is 0 Å². The van der Waals surface area contributed by atoms with Crippen LogP contribution in [0.15, 0.2) is 48.5 Å². The molecule has 0 N–H and O–H groups in total. The summed E-state index contributed by atoms with van der Waals surface area (Å²) in [6, 6.07) is 14.6. The Morgan fingerprint density at radius 2 is 1.40 bits per heavy atom. The Labute approximate surface area is 130 Å². The lowest BCUT2D eigenvalue weighted by Crippen LogP contribution is -1.94. The van der Waals surface area contributed by atoms with Crippen LogP contribution >= 0.6 is 25.3 Å². The first kappa shape index (κ1) is 16.5. The molecule has 0 aliphatic rings. The van der Waals surface area contributed by atoms with Crippen LogP contribution in [0.3, 0.4) is 0 Å². The van der Waals surface area contributed by atoms with Crippen molar-refractivity contribution in [3.8, 4) is 0 Å². The molecule has 0 bridgehead atoms. The van der Waals surface area contributed by atoms with Crippen molar-refractivity contribution in [1.29, 1.82) is 0 Å². The smallest absolute Gasteiger partial charge is 0.216 e. The minimum Gasteiger partial charge on any atom is -0.282 e. The molecular formula is C16H16O2S2. The second-order valence-corrected chi connectivity index (χ2v) is 5.04. The second kappa shape index (κ2) is 7.92. The maximum absolute atomic E-state index is 10.9. The quantitative estimate of drug-likeness (QED) is 0.818. The van der Waals surface area contributed by atoms with E-state index in [1.807, 2.05) is 44.2 Å². The Morgan fingerprint density at radius 1 is 0.800 bits per heavy atom. The first-order valence-electron chi connectivity index (χ1n) is 6.01. The standard InChI is InChI=1S/C9H10OS.C7H6OS/c1-6-4-3-5-8(7(6)2)9(10)11;8-7(9)6-4-2-1-3-5-6/h3-5H,1-2H3,(H,10,11);1-5H,(H,8,9). The molecule has 0 amide bonds. The third-order valence-corrected chi connectivity index (χ3v) is 3.35. The van der Waals surface area contributed by atoms with Crippen molar-refractivity contribution in [2.45, 2.75) is 13.8 Å². The van der Waals surface area contributed by atoms with Gasteiger partial charge in [0, 0.05) is 11.1 Å². The molecule has 0 aromatic heterocycles. The maximum atomic E-state index is 10.9.